The summed E-state index contributed by atoms with van der Waals surface area (Å²) in [6.07, 6.45) is 0. The van der Waals surface area contributed by atoms with E-state index in [0.29, 0.717) is 21.4 Å². The van der Waals surface area contributed by atoms with Gasteiger partial charge in [0.1, 0.15) is 5.82 Å². The van der Waals surface area contributed by atoms with Gasteiger partial charge in [-0.15, -0.1) is 0 Å². The fourth-order valence-corrected chi connectivity index (χ4v) is 2.28. The molecule has 4 N–H and O–H groups in total. The molecule has 1 aromatic carbocycles. The molecule has 0 bridgehead atoms. The molecule has 0 radical (unpaired) electrons. The van der Waals surface area contributed by atoms with Crippen molar-refractivity contribution in [1.82, 2.24) is 19.9 Å². The Labute approximate surface area is 116 Å². The van der Waals surface area contributed by atoms with Gasteiger partial charge < -0.3 is 10.7 Å². The maximum atomic E-state index is 11.7. The van der Waals surface area contributed by atoms with Crippen LogP contribution in [0.3, 0.4) is 0 Å². The lowest BCUT2D eigenvalue weighted by Crippen LogP contribution is -2.10. The smallest absolute Gasteiger partial charge is 0.278 e. The Morgan fingerprint density at radius 3 is 2.42 bits per heavy atom. The Morgan fingerprint density at radius 1 is 1.05 bits per heavy atom. The first kappa shape index (κ1) is 12.0. The molecule has 0 atom stereocenters. The summed E-state index contributed by atoms with van der Waals surface area (Å²) < 4.78 is 0. The summed E-state index contributed by atoms with van der Waals surface area (Å²) in [5.74, 6) is 0.461. The molecule has 3 aromatic rings. The lowest BCUT2D eigenvalue weighted by molar-refractivity contribution is 1.17. The van der Waals surface area contributed by atoms with Crippen molar-refractivity contribution >= 4 is 40.3 Å². The third-order valence-corrected chi connectivity index (χ3v) is 2.95. The Balaban J connectivity index is 2.26. The predicted molar refractivity (Wildman–Crippen MR) is 74.4 cm³/mol. The number of halogens is 2. The first-order valence-electron chi connectivity index (χ1n) is 5.25. The number of hydrogen-bond acceptors (Lipinski definition) is 4. The quantitative estimate of drug-likeness (QED) is 0.640. The topological polar surface area (TPSA) is 100 Å². The van der Waals surface area contributed by atoms with Crippen molar-refractivity contribution in [2.75, 3.05) is 5.73 Å². The molecule has 2 heterocycles. The zero-order valence-electron chi connectivity index (χ0n) is 9.37. The zero-order chi connectivity index (χ0) is 13.6. The van der Waals surface area contributed by atoms with E-state index in [-0.39, 0.29) is 22.7 Å². The lowest BCUT2D eigenvalue weighted by atomic mass is 10.2. The van der Waals surface area contributed by atoms with E-state index in [9.17, 15) is 4.79 Å². The summed E-state index contributed by atoms with van der Waals surface area (Å²) in [5.41, 5.74) is 6.23. The average molecular weight is 296 g/mol. The first-order chi connectivity index (χ1) is 9.02. The van der Waals surface area contributed by atoms with Gasteiger partial charge in [0.2, 0.25) is 5.95 Å². The van der Waals surface area contributed by atoms with Crippen molar-refractivity contribution in [1.29, 1.82) is 0 Å². The summed E-state index contributed by atoms with van der Waals surface area (Å²) in [7, 11) is 0. The minimum Gasteiger partial charge on any atom is -0.369 e. The van der Waals surface area contributed by atoms with E-state index in [1.165, 1.54) is 0 Å². The van der Waals surface area contributed by atoms with Crippen LogP contribution >= 0.6 is 23.2 Å². The molecular weight excluding hydrogens is 289 g/mol. The third kappa shape index (κ3) is 2.16. The monoisotopic (exact) mass is 295 g/mol. The molecule has 19 heavy (non-hydrogen) atoms. The van der Waals surface area contributed by atoms with Gasteiger partial charge in [-0.1, -0.05) is 23.2 Å². The van der Waals surface area contributed by atoms with Crippen LogP contribution in [0.2, 0.25) is 10.0 Å². The zero-order valence-corrected chi connectivity index (χ0v) is 10.9. The highest BCUT2D eigenvalue weighted by Crippen LogP contribution is 2.26. The number of anilines is 1. The van der Waals surface area contributed by atoms with Gasteiger partial charge in [-0.25, -0.2) is 4.98 Å². The highest BCUT2D eigenvalue weighted by Gasteiger charge is 2.11. The first-order valence-corrected chi connectivity index (χ1v) is 6.00. The summed E-state index contributed by atoms with van der Waals surface area (Å²) in [5, 5.41) is 0.952. The van der Waals surface area contributed by atoms with Crippen LogP contribution in [0, 0.1) is 0 Å². The van der Waals surface area contributed by atoms with Gasteiger partial charge >= 0.3 is 0 Å². The Bertz CT molecular complexity index is 818. The summed E-state index contributed by atoms with van der Waals surface area (Å²) in [6, 6.07) is 4.98. The number of rotatable bonds is 1. The van der Waals surface area contributed by atoms with E-state index in [1.54, 1.807) is 18.2 Å². The molecule has 2 aromatic heterocycles. The van der Waals surface area contributed by atoms with Crippen LogP contribution in [0.4, 0.5) is 5.95 Å². The van der Waals surface area contributed by atoms with Crippen LogP contribution < -0.4 is 11.3 Å². The Hall–Kier alpha value is -2.05. The van der Waals surface area contributed by atoms with Gasteiger partial charge in [-0.05, 0) is 18.2 Å². The van der Waals surface area contributed by atoms with E-state index < -0.39 is 0 Å². The number of nitrogens with two attached hydrogens (primary N) is 1. The molecule has 0 aliphatic rings. The van der Waals surface area contributed by atoms with Gasteiger partial charge in [0.15, 0.2) is 11.2 Å². The summed E-state index contributed by atoms with van der Waals surface area (Å²) in [4.78, 5) is 25.1. The van der Waals surface area contributed by atoms with Crippen LogP contribution in [0.15, 0.2) is 23.0 Å². The fraction of sp³-hybridized carbons (Fsp3) is 0. The number of aromatic amines is 2. The largest absolute Gasteiger partial charge is 0.369 e. The summed E-state index contributed by atoms with van der Waals surface area (Å²) in [6.45, 7) is 0. The van der Waals surface area contributed by atoms with Crippen molar-refractivity contribution in [2.24, 2.45) is 0 Å². The highest BCUT2D eigenvalue weighted by atomic mass is 35.5. The molecule has 0 spiro atoms. The molecule has 0 saturated carbocycles. The normalized spacial score (nSPS) is 11.1. The van der Waals surface area contributed by atoms with E-state index in [2.05, 4.69) is 19.9 Å². The minimum absolute atomic E-state index is 0.0136. The molecule has 8 heteroatoms. The van der Waals surface area contributed by atoms with Crippen molar-refractivity contribution in [3.63, 3.8) is 0 Å². The second-order valence-electron chi connectivity index (χ2n) is 3.89. The van der Waals surface area contributed by atoms with Crippen LogP contribution in [-0.4, -0.2) is 19.9 Å². The molecule has 0 unspecified atom stereocenters. The molecule has 0 aliphatic heterocycles. The number of H-pyrrole nitrogens is 2. The molecule has 0 aliphatic carbocycles. The molecule has 96 valence electrons. The molecular formula is C11H7Cl2N5O. The number of hydrogen-bond donors (Lipinski definition) is 3. The number of nitrogen functional groups attached to an aromatic ring is 1. The molecule has 0 saturated heterocycles. The standard InChI is InChI=1S/C11H7Cl2N5O/c12-5-1-4(2-6(13)3-5)8-15-7-9(16-8)17-11(14)18-10(7)19/h1-3H,(H4,14,15,16,17,18,19). The van der Waals surface area contributed by atoms with E-state index in [4.69, 9.17) is 28.9 Å². The van der Waals surface area contributed by atoms with Gasteiger partial charge in [0.05, 0.1) is 0 Å². The predicted octanol–water partition coefficient (Wildman–Crippen LogP) is 2.20. The van der Waals surface area contributed by atoms with Crippen molar-refractivity contribution in [3.05, 3.63) is 38.6 Å². The number of benzene rings is 1. The SMILES string of the molecule is Nc1nc2nc(-c3cc(Cl)cc(Cl)c3)[nH]c2c(=O)[nH]1. The number of nitrogens with one attached hydrogen (secondary N) is 2. The Morgan fingerprint density at radius 2 is 1.74 bits per heavy atom. The molecule has 0 fully saturated rings. The minimum atomic E-state index is -0.380. The lowest BCUT2D eigenvalue weighted by Gasteiger charge is -1.98. The van der Waals surface area contributed by atoms with E-state index >= 15 is 0 Å². The van der Waals surface area contributed by atoms with E-state index in [0.717, 1.165) is 0 Å². The highest BCUT2D eigenvalue weighted by molar-refractivity contribution is 6.35. The maximum absolute atomic E-state index is 11.7. The van der Waals surface area contributed by atoms with Gasteiger partial charge in [0.25, 0.3) is 5.56 Å². The number of aromatic nitrogens is 4. The summed E-state index contributed by atoms with van der Waals surface area (Å²) >= 11 is 11.9. The fourth-order valence-electron chi connectivity index (χ4n) is 1.75. The van der Waals surface area contributed by atoms with Crippen molar-refractivity contribution in [3.8, 4) is 11.4 Å². The van der Waals surface area contributed by atoms with Gasteiger partial charge in [0, 0.05) is 15.6 Å². The molecule has 6 nitrogen and oxygen atoms in total. The number of nitrogens with zero attached hydrogens (tertiary/aromatic N) is 2. The maximum Gasteiger partial charge on any atom is 0.278 e. The Kier molecular flexibility index (Phi) is 2.69. The van der Waals surface area contributed by atoms with Crippen LogP contribution in [0.1, 0.15) is 0 Å². The number of fused-ring (bicyclic) bond motifs is 1. The molecule has 0 amide bonds. The number of imidazole rings is 1. The van der Waals surface area contributed by atoms with Crippen molar-refractivity contribution < 1.29 is 0 Å². The van der Waals surface area contributed by atoms with Crippen LogP contribution in [0.25, 0.3) is 22.6 Å². The van der Waals surface area contributed by atoms with Gasteiger partial charge in [-0.2, -0.15) is 4.98 Å². The van der Waals surface area contributed by atoms with Crippen LogP contribution in [-0.2, 0) is 0 Å². The second kappa shape index (κ2) is 4.25. The molecule has 3 rings (SSSR count). The second-order valence-corrected chi connectivity index (χ2v) is 4.77. The van der Waals surface area contributed by atoms with Crippen molar-refractivity contribution in [2.45, 2.75) is 0 Å². The average Bonchev–Trinajstić information content (AvgIpc) is 2.71. The van der Waals surface area contributed by atoms with Gasteiger partial charge in [-0.3, -0.25) is 9.78 Å². The third-order valence-electron chi connectivity index (χ3n) is 2.52. The van der Waals surface area contributed by atoms with E-state index in [1.807, 2.05) is 0 Å². The van der Waals surface area contributed by atoms with Crippen LogP contribution in [0.5, 0.6) is 0 Å².